The van der Waals surface area contributed by atoms with E-state index in [0.717, 1.165) is 23.5 Å². The first-order chi connectivity index (χ1) is 11.1. The van der Waals surface area contributed by atoms with Crippen LogP contribution in [0.5, 0.6) is 0 Å². The zero-order chi connectivity index (χ0) is 16.2. The number of hydrogen-bond donors (Lipinski definition) is 0. The normalized spacial score (nSPS) is 15.4. The van der Waals surface area contributed by atoms with Gasteiger partial charge in [0.15, 0.2) is 0 Å². The largest absolute Gasteiger partial charge is 0.299 e. The molecule has 0 saturated heterocycles. The molecule has 0 aromatic heterocycles. The minimum absolute atomic E-state index is 0.220. The fourth-order valence-electron chi connectivity index (χ4n) is 3.03. The van der Waals surface area contributed by atoms with Crippen LogP contribution in [0.25, 0.3) is 11.1 Å². The standard InChI is InChI=1S/C21H23FO/c1-15(21(23)9-5-6-16-10-11-16)18-12-13-19(20(22)14-18)17-7-3-2-4-8-17/h2-4,7-8,12-16H,5-6,9-11H2,1H3/t15-/m1/s1. The van der Waals surface area contributed by atoms with Crippen LogP contribution in [0.2, 0.25) is 0 Å². The first-order valence-electron chi connectivity index (χ1n) is 8.52. The quantitative estimate of drug-likeness (QED) is 0.636. The molecule has 0 heterocycles. The lowest BCUT2D eigenvalue weighted by Gasteiger charge is -2.13. The van der Waals surface area contributed by atoms with Crippen molar-refractivity contribution in [2.75, 3.05) is 0 Å². The number of carbonyl (C=O) groups excluding carboxylic acids is 1. The lowest BCUT2D eigenvalue weighted by Crippen LogP contribution is -2.09. The summed E-state index contributed by atoms with van der Waals surface area (Å²) in [6, 6.07) is 14.7. The van der Waals surface area contributed by atoms with E-state index in [1.54, 1.807) is 6.07 Å². The molecule has 0 bridgehead atoms. The van der Waals surface area contributed by atoms with Gasteiger partial charge in [0.05, 0.1) is 0 Å². The van der Waals surface area contributed by atoms with Gasteiger partial charge in [0.2, 0.25) is 0 Å². The molecule has 1 atom stereocenters. The van der Waals surface area contributed by atoms with E-state index >= 15 is 0 Å². The Kier molecular flexibility index (Phi) is 4.90. The molecule has 0 spiro atoms. The van der Waals surface area contributed by atoms with Crippen molar-refractivity contribution in [3.05, 3.63) is 59.9 Å². The third-order valence-electron chi connectivity index (χ3n) is 4.79. The van der Waals surface area contributed by atoms with Crippen LogP contribution < -0.4 is 0 Å². The molecule has 1 fully saturated rings. The first kappa shape index (κ1) is 15.9. The SMILES string of the molecule is C[C@@H](C(=O)CCCC1CC1)c1ccc(-c2ccccc2)c(F)c1. The van der Waals surface area contributed by atoms with E-state index in [2.05, 4.69) is 0 Å². The van der Waals surface area contributed by atoms with Gasteiger partial charge in [-0.1, -0.05) is 68.7 Å². The summed E-state index contributed by atoms with van der Waals surface area (Å²) in [6.07, 6.45) is 5.41. The summed E-state index contributed by atoms with van der Waals surface area (Å²) in [5.74, 6) is 0.595. The van der Waals surface area contributed by atoms with Crippen molar-refractivity contribution in [3.63, 3.8) is 0 Å². The van der Waals surface area contributed by atoms with Gasteiger partial charge in [-0.25, -0.2) is 4.39 Å². The minimum atomic E-state index is -0.258. The molecule has 0 unspecified atom stereocenters. The van der Waals surface area contributed by atoms with E-state index in [1.165, 1.54) is 25.3 Å². The second-order valence-electron chi connectivity index (χ2n) is 6.63. The van der Waals surface area contributed by atoms with Gasteiger partial charge in [-0.05, 0) is 29.5 Å². The highest BCUT2D eigenvalue weighted by atomic mass is 19.1. The van der Waals surface area contributed by atoms with Gasteiger partial charge in [0.25, 0.3) is 0 Å². The van der Waals surface area contributed by atoms with Crippen molar-refractivity contribution in [1.29, 1.82) is 0 Å². The molecular weight excluding hydrogens is 287 g/mol. The van der Waals surface area contributed by atoms with E-state index in [0.29, 0.717) is 12.0 Å². The maximum absolute atomic E-state index is 14.4. The average Bonchev–Trinajstić information content (AvgIpc) is 3.39. The van der Waals surface area contributed by atoms with Crippen LogP contribution >= 0.6 is 0 Å². The molecule has 1 aliphatic rings. The molecule has 120 valence electrons. The fraction of sp³-hybridized carbons (Fsp3) is 0.381. The van der Waals surface area contributed by atoms with Gasteiger partial charge in [-0.2, -0.15) is 0 Å². The fourth-order valence-corrected chi connectivity index (χ4v) is 3.03. The molecule has 1 saturated carbocycles. The maximum atomic E-state index is 14.4. The van der Waals surface area contributed by atoms with Crippen LogP contribution in [0, 0.1) is 11.7 Å². The molecule has 2 heteroatoms. The number of rotatable bonds is 7. The van der Waals surface area contributed by atoms with E-state index in [9.17, 15) is 9.18 Å². The maximum Gasteiger partial charge on any atom is 0.140 e. The Balaban J connectivity index is 1.67. The molecular formula is C21H23FO. The van der Waals surface area contributed by atoms with E-state index < -0.39 is 0 Å². The summed E-state index contributed by atoms with van der Waals surface area (Å²) in [5.41, 5.74) is 2.22. The molecule has 2 aromatic carbocycles. The highest BCUT2D eigenvalue weighted by Gasteiger charge is 2.22. The Morgan fingerprint density at radius 2 is 1.91 bits per heavy atom. The summed E-state index contributed by atoms with van der Waals surface area (Å²) in [5, 5.41) is 0. The lowest BCUT2D eigenvalue weighted by molar-refractivity contribution is -0.120. The van der Waals surface area contributed by atoms with Crippen LogP contribution in [0.3, 0.4) is 0 Å². The van der Waals surface area contributed by atoms with Gasteiger partial charge < -0.3 is 0 Å². The Morgan fingerprint density at radius 3 is 2.57 bits per heavy atom. The summed E-state index contributed by atoms with van der Waals surface area (Å²) in [4.78, 5) is 12.3. The highest BCUT2D eigenvalue weighted by Crippen LogP contribution is 2.34. The molecule has 23 heavy (non-hydrogen) atoms. The lowest BCUT2D eigenvalue weighted by atomic mass is 9.91. The summed E-state index contributed by atoms with van der Waals surface area (Å²) >= 11 is 0. The van der Waals surface area contributed by atoms with Gasteiger partial charge in [0, 0.05) is 17.9 Å². The molecule has 2 aromatic rings. The van der Waals surface area contributed by atoms with E-state index in [1.807, 2.05) is 43.3 Å². The number of ketones is 1. The van der Waals surface area contributed by atoms with Gasteiger partial charge in [-0.15, -0.1) is 0 Å². The van der Waals surface area contributed by atoms with Crippen molar-refractivity contribution < 1.29 is 9.18 Å². The number of halogens is 1. The number of Topliss-reactive ketones (excluding diaryl/α,β-unsaturated/α-hetero) is 1. The van der Waals surface area contributed by atoms with Gasteiger partial charge in [-0.3, -0.25) is 4.79 Å². The zero-order valence-corrected chi connectivity index (χ0v) is 13.6. The van der Waals surface area contributed by atoms with Crippen LogP contribution in [0.1, 0.15) is 50.5 Å². The predicted octanol–water partition coefficient (Wildman–Crippen LogP) is 5.75. The van der Waals surface area contributed by atoms with Crippen LogP contribution in [-0.2, 0) is 4.79 Å². The average molecular weight is 310 g/mol. The molecule has 1 aliphatic carbocycles. The van der Waals surface area contributed by atoms with Crippen LogP contribution in [0.4, 0.5) is 4.39 Å². The Morgan fingerprint density at radius 1 is 1.17 bits per heavy atom. The number of hydrogen-bond acceptors (Lipinski definition) is 1. The smallest absolute Gasteiger partial charge is 0.140 e. The van der Waals surface area contributed by atoms with E-state index in [-0.39, 0.29) is 17.5 Å². The van der Waals surface area contributed by atoms with Crippen molar-refractivity contribution in [2.45, 2.75) is 44.9 Å². The van der Waals surface area contributed by atoms with Gasteiger partial charge in [0.1, 0.15) is 11.6 Å². The minimum Gasteiger partial charge on any atom is -0.299 e. The van der Waals surface area contributed by atoms with Crippen molar-refractivity contribution in [2.24, 2.45) is 5.92 Å². The summed E-state index contributed by atoms with van der Waals surface area (Å²) in [7, 11) is 0. The highest BCUT2D eigenvalue weighted by molar-refractivity contribution is 5.85. The van der Waals surface area contributed by atoms with Crippen molar-refractivity contribution in [3.8, 4) is 11.1 Å². The molecule has 0 N–H and O–H groups in total. The summed E-state index contributed by atoms with van der Waals surface area (Å²) in [6.45, 7) is 1.89. The van der Waals surface area contributed by atoms with Crippen molar-refractivity contribution in [1.82, 2.24) is 0 Å². The zero-order valence-electron chi connectivity index (χ0n) is 13.6. The number of carbonyl (C=O) groups is 1. The second-order valence-corrected chi connectivity index (χ2v) is 6.63. The topological polar surface area (TPSA) is 17.1 Å². The second kappa shape index (κ2) is 7.08. The Hall–Kier alpha value is -1.96. The predicted molar refractivity (Wildman–Crippen MR) is 91.8 cm³/mol. The number of benzene rings is 2. The first-order valence-corrected chi connectivity index (χ1v) is 8.52. The monoisotopic (exact) mass is 310 g/mol. The molecule has 0 aliphatic heterocycles. The molecule has 0 amide bonds. The van der Waals surface area contributed by atoms with Crippen molar-refractivity contribution >= 4 is 5.78 Å². The summed E-state index contributed by atoms with van der Waals surface area (Å²) < 4.78 is 14.4. The van der Waals surface area contributed by atoms with Gasteiger partial charge >= 0.3 is 0 Å². The Bertz CT molecular complexity index is 673. The van der Waals surface area contributed by atoms with Crippen LogP contribution in [-0.4, -0.2) is 5.78 Å². The molecule has 1 nitrogen and oxygen atoms in total. The molecule has 3 rings (SSSR count). The Labute approximate surface area is 137 Å². The third-order valence-corrected chi connectivity index (χ3v) is 4.79. The van der Waals surface area contributed by atoms with Crippen LogP contribution in [0.15, 0.2) is 48.5 Å². The molecule has 0 radical (unpaired) electrons. The van der Waals surface area contributed by atoms with E-state index in [4.69, 9.17) is 0 Å². The third kappa shape index (κ3) is 4.07.